The van der Waals surface area contributed by atoms with Crippen LogP contribution in [0.15, 0.2) is 63.8 Å². The Morgan fingerprint density at radius 2 is 1.76 bits per heavy atom. The van der Waals surface area contributed by atoms with Crippen molar-refractivity contribution in [1.29, 1.82) is 0 Å². The van der Waals surface area contributed by atoms with Gasteiger partial charge in [0.15, 0.2) is 0 Å². The van der Waals surface area contributed by atoms with Crippen LogP contribution in [0.25, 0.3) is 22.1 Å². The molecule has 0 amide bonds. The van der Waals surface area contributed by atoms with Gasteiger partial charge in [0.2, 0.25) is 0 Å². The Labute approximate surface area is 122 Å². The van der Waals surface area contributed by atoms with Gasteiger partial charge in [-0.25, -0.2) is 4.79 Å². The molecule has 0 bridgehead atoms. The van der Waals surface area contributed by atoms with Crippen LogP contribution in [0.4, 0.5) is 0 Å². The first kappa shape index (κ1) is 13.4. The maximum Gasteiger partial charge on any atom is 0.344 e. The van der Waals surface area contributed by atoms with Crippen molar-refractivity contribution in [3.63, 3.8) is 0 Å². The third-order valence-electron chi connectivity index (χ3n) is 3.16. The maximum absolute atomic E-state index is 12.2. The highest BCUT2D eigenvalue weighted by molar-refractivity contribution is 5.82. The van der Waals surface area contributed by atoms with Gasteiger partial charge in [-0.2, -0.15) is 0 Å². The van der Waals surface area contributed by atoms with E-state index in [-0.39, 0.29) is 11.7 Å². The summed E-state index contributed by atoms with van der Waals surface area (Å²) in [5.74, 6) is 0.702. The van der Waals surface area contributed by atoms with Crippen molar-refractivity contribution >= 4 is 11.0 Å². The molecule has 2 aromatic carbocycles. The largest absolute Gasteiger partial charge is 0.491 e. The summed E-state index contributed by atoms with van der Waals surface area (Å²) in [6, 6.07) is 16.9. The summed E-state index contributed by atoms with van der Waals surface area (Å²) in [7, 11) is 0. The first-order valence-electron chi connectivity index (χ1n) is 6.93. The fourth-order valence-corrected chi connectivity index (χ4v) is 2.26. The molecule has 0 atom stereocenters. The summed E-state index contributed by atoms with van der Waals surface area (Å²) in [4.78, 5) is 12.2. The second-order valence-electron chi connectivity index (χ2n) is 5.18. The highest BCUT2D eigenvalue weighted by Gasteiger charge is 2.08. The Hall–Kier alpha value is -2.55. The third kappa shape index (κ3) is 2.82. The van der Waals surface area contributed by atoms with E-state index in [1.807, 2.05) is 62.4 Å². The molecule has 3 rings (SSSR count). The lowest BCUT2D eigenvalue weighted by atomic mass is 10.1. The molecule has 1 aromatic heterocycles. The van der Waals surface area contributed by atoms with Crippen LogP contribution in [0.1, 0.15) is 13.8 Å². The zero-order valence-electron chi connectivity index (χ0n) is 12.0. The SMILES string of the molecule is CC(C)Oc1ccc2cc(-c3ccccc3)c(=O)oc2c1. The fraction of sp³-hybridized carbons (Fsp3) is 0.167. The molecule has 3 heteroatoms. The number of benzene rings is 2. The minimum Gasteiger partial charge on any atom is -0.491 e. The highest BCUT2D eigenvalue weighted by Crippen LogP contribution is 2.24. The molecule has 0 spiro atoms. The summed E-state index contributed by atoms with van der Waals surface area (Å²) in [5, 5.41) is 0.879. The van der Waals surface area contributed by atoms with Crippen LogP contribution < -0.4 is 10.4 Å². The van der Waals surface area contributed by atoms with Crippen molar-refractivity contribution in [2.24, 2.45) is 0 Å². The van der Waals surface area contributed by atoms with Gasteiger partial charge in [-0.3, -0.25) is 0 Å². The normalized spacial score (nSPS) is 11.0. The van der Waals surface area contributed by atoms with Crippen LogP contribution in [0.2, 0.25) is 0 Å². The van der Waals surface area contributed by atoms with E-state index in [1.165, 1.54) is 0 Å². The molecule has 0 radical (unpaired) electrons. The van der Waals surface area contributed by atoms with Crippen LogP contribution >= 0.6 is 0 Å². The Kier molecular flexibility index (Phi) is 3.48. The van der Waals surface area contributed by atoms with Gasteiger partial charge < -0.3 is 9.15 Å². The number of rotatable bonds is 3. The number of ether oxygens (including phenoxy) is 1. The minimum absolute atomic E-state index is 0.0813. The molecule has 0 saturated heterocycles. The van der Waals surface area contributed by atoms with Gasteiger partial charge in [0.05, 0.1) is 11.7 Å². The third-order valence-corrected chi connectivity index (χ3v) is 3.16. The lowest BCUT2D eigenvalue weighted by Crippen LogP contribution is -2.06. The topological polar surface area (TPSA) is 39.4 Å². The Morgan fingerprint density at radius 3 is 2.48 bits per heavy atom. The average molecular weight is 280 g/mol. The predicted octanol–water partition coefficient (Wildman–Crippen LogP) is 4.25. The molecule has 21 heavy (non-hydrogen) atoms. The quantitative estimate of drug-likeness (QED) is 0.673. The Morgan fingerprint density at radius 1 is 1.00 bits per heavy atom. The Balaban J connectivity index is 2.11. The van der Waals surface area contributed by atoms with Crippen molar-refractivity contribution in [1.82, 2.24) is 0 Å². The molecule has 3 aromatic rings. The lowest BCUT2D eigenvalue weighted by Gasteiger charge is -2.10. The molecule has 0 aliphatic rings. The first-order chi connectivity index (χ1) is 10.1. The summed E-state index contributed by atoms with van der Waals surface area (Å²) in [6.07, 6.45) is 0.0813. The van der Waals surface area contributed by atoms with E-state index < -0.39 is 0 Å². The van der Waals surface area contributed by atoms with E-state index >= 15 is 0 Å². The van der Waals surface area contributed by atoms with Crippen LogP contribution in [-0.4, -0.2) is 6.10 Å². The van der Waals surface area contributed by atoms with Gasteiger partial charge >= 0.3 is 5.63 Å². The molecular formula is C18H16O3. The van der Waals surface area contributed by atoms with Crippen LogP contribution in [0, 0.1) is 0 Å². The molecule has 1 heterocycles. The number of fused-ring (bicyclic) bond motifs is 1. The summed E-state index contributed by atoms with van der Waals surface area (Å²) >= 11 is 0. The molecule has 106 valence electrons. The first-order valence-corrected chi connectivity index (χ1v) is 6.93. The van der Waals surface area contributed by atoms with Crippen molar-refractivity contribution in [2.45, 2.75) is 20.0 Å². The van der Waals surface area contributed by atoms with Gasteiger partial charge in [-0.1, -0.05) is 30.3 Å². The lowest BCUT2D eigenvalue weighted by molar-refractivity contribution is 0.242. The van der Waals surface area contributed by atoms with Crippen LogP contribution in [0.3, 0.4) is 0 Å². The van der Waals surface area contributed by atoms with E-state index in [0.29, 0.717) is 16.9 Å². The molecule has 0 unspecified atom stereocenters. The average Bonchev–Trinajstić information content (AvgIpc) is 2.46. The maximum atomic E-state index is 12.2. The van der Waals surface area contributed by atoms with Crippen molar-refractivity contribution in [3.05, 3.63) is 65.0 Å². The van der Waals surface area contributed by atoms with Crippen molar-refractivity contribution in [3.8, 4) is 16.9 Å². The Bertz CT molecular complexity index is 817. The van der Waals surface area contributed by atoms with Gasteiger partial charge in [0.1, 0.15) is 11.3 Å². The van der Waals surface area contributed by atoms with Crippen LogP contribution in [-0.2, 0) is 0 Å². The summed E-state index contributed by atoms with van der Waals surface area (Å²) < 4.78 is 11.0. The molecule has 3 nitrogen and oxygen atoms in total. The van der Waals surface area contributed by atoms with E-state index in [0.717, 1.165) is 10.9 Å². The van der Waals surface area contributed by atoms with E-state index in [1.54, 1.807) is 6.07 Å². The molecule has 0 aliphatic heterocycles. The number of hydrogen-bond donors (Lipinski definition) is 0. The minimum atomic E-state index is -0.338. The van der Waals surface area contributed by atoms with Gasteiger partial charge in [-0.15, -0.1) is 0 Å². The van der Waals surface area contributed by atoms with Crippen molar-refractivity contribution < 1.29 is 9.15 Å². The van der Waals surface area contributed by atoms with E-state index in [2.05, 4.69) is 0 Å². The predicted molar refractivity (Wildman–Crippen MR) is 83.7 cm³/mol. The highest BCUT2D eigenvalue weighted by atomic mass is 16.5. The van der Waals surface area contributed by atoms with Gasteiger partial charge in [0.25, 0.3) is 0 Å². The van der Waals surface area contributed by atoms with E-state index in [9.17, 15) is 4.79 Å². The molecule has 0 N–H and O–H groups in total. The molecule has 0 fully saturated rings. The zero-order valence-corrected chi connectivity index (χ0v) is 12.0. The van der Waals surface area contributed by atoms with Crippen LogP contribution in [0.5, 0.6) is 5.75 Å². The monoisotopic (exact) mass is 280 g/mol. The second kappa shape index (κ2) is 5.44. The summed E-state index contributed by atoms with van der Waals surface area (Å²) in [5.41, 5.74) is 1.63. The smallest absolute Gasteiger partial charge is 0.344 e. The van der Waals surface area contributed by atoms with Crippen molar-refractivity contribution in [2.75, 3.05) is 0 Å². The molecular weight excluding hydrogens is 264 g/mol. The fourth-order valence-electron chi connectivity index (χ4n) is 2.26. The van der Waals surface area contributed by atoms with E-state index in [4.69, 9.17) is 9.15 Å². The number of hydrogen-bond acceptors (Lipinski definition) is 3. The van der Waals surface area contributed by atoms with Gasteiger partial charge in [-0.05, 0) is 37.6 Å². The summed E-state index contributed by atoms with van der Waals surface area (Å²) in [6.45, 7) is 3.91. The standard InChI is InChI=1S/C18H16O3/c1-12(2)20-15-9-8-14-10-16(13-6-4-3-5-7-13)18(19)21-17(14)11-15/h3-12H,1-2H3. The zero-order chi connectivity index (χ0) is 14.8. The second-order valence-corrected chi connectivity index (χ2v) is 5.18. The molecule has 0 saturated carbocycles. The van der Waals surface area contributed by atoms with Gasteiger partial charge in [0, 0.05) is 11.5 Å². The molecule has 0 aliphatic carbocycles.